The summed E-state index contributed by atoms with van der Waals surface area (Å²) >= 11 is 0. The Hall–Kier alpha value is -1.97. The molecule has 0 aliphatic carbocycles. The van der Waals surface area contributed by atoms with Crippen LogP contribution >= 0.6 is 0 Å². The van der Waals surface area contributed by atoms with Crippen LogP contribution in [0.5, 0.6) is 0 Å². The van der Waals surface area contributed by atoms with Crippen LogP contribution in [0.2, 0.25) is 0 Å². The number of nitriles is 1. The molecule has 2 heterocycles. The van der Waals surface area contributed by atoms with Gasteiger partial charge >= 0.3 is 5.97 Å². The third-order valence-electron chi connectivity index (χ3n) is 2.97. The molecule has 0 saturated carbocycles. The summed E-state index contributed by atoms with van der Waals surface area (Å²) in [5.41, 5.74) is 1.40. The number of ether oxygens (including phenoxy) is 1. The molecule has 1 aromatic heterocycles. The van der Waals surface area contributed by atoms with Crippen LogP contribution in [-0.4, -0.2) is 46.8 Å². The van der Waals surface area contributed by atoms with E-state index >= 15 is 0 Å². The SMILES string of the molecule is N#Cc1cc(CN2CCOC(CC(=O)O)C2)ccn1. The maximum Gasteiger partial charge on any atom is 0.306 e. The van der Waals surface area contributed by atoms with Gasteiger partial charge in [0.05, 0.1) is 19.1 Å². The van der Waals surface area contributed by atoms with E-state index in [2.05, 4.69) is 9.88 Å². The van der Waals surface area contributed by atoms with E-state index in [-0.39, 0.29) is 12.5 Å². The van der Waals surface area contributed by atoms with E-state index in [0.717, 1.165) is 12.1 Å². The highest BCUT2D eigenvalue weighted by atomic mass is 16.5. The van der Waals surface area contributed by atoms with Crippen molar-refractivity contribution >= 4 is 5.97 Å². The van der Waals surface area contributed by atoms with Gasteiger partial charge in [0.15, 0.2) is 0 Å². The second-order valence-electron chi connectivity index (χ2n) is 4.49. The number of pyridine rings is 1. The van der Waals surface area contributed by atoms with Gasteiger partial charge in [0, 0.05) is 25.8 Å². The van der Waals surface area contributed by atoms with Gasteiger partial charge in [0.25, 0.3) is 0 Å². The van der Waals surface area contributed by atoms with Gasteiger partial charge in [-0.25, -0.2) is 4.98 Å². The van der Waals surface area contributed by atoms with Crippen LogP contribution < -0.4 is 0 Å². The molecular weight excluding hydrogens is 246 g/mol. The Balaban J connectivity index is 1.95. The second kappa shape index (κ2) is 6.27. The van der Waals surface area contributed by atoms with Crippen molar-refractivity contribution in [1.29, 1.82) is 5.26 Å². The summed E-state index contributed by atoms with van der Waals surface area (Å²) in [6.45, 7) is 2.57. The maximum atomic E-state index is 10.7. The number of nitrogens with zero attached hydrogens (tertiary/aromatic N) is 3. The summed E-state index contributed by atoms with van der Waals surface area (Å²) < 4.78 is 5.41. The minimum Gasteiger partial charge on any atom is -0.481 e. The highest BCUT2D eigenvalue weighted by Gasteiger charge is 2.22. The third-order valence-corrected chi connectivity index (χ3v) is 2.97. The summed E-state index contributed by atoms with van der Waals surface area (Å²) in [5.74, 6) is -0.845. The van der Waals surface area contributed by atoms with Gasteiger partial charge in [-0.05, 0) is 17.7 Å². The molecule has 0 amide bonds. The standard InChI is InChI=1S/C13H15N3O3/c14-7-11-5-10(1-2-15-11)8-16-3-4-19-12(9-16)6-13(17)18/h1-2,5,12H,3-4,6,8-9H2,(H,17,18). The number of carboxylic acids is 1. The molecule has 1 aliphatic heterocycles. The van der Waals surface area contributed by atoms with Gasteiger partial charge in [-0.3, -0.25) is 9.69 Å². The average Bonchev–Trinajstić information content (AvgIpc) is 2.38. The van der Waals surface area contributed by atoms with Crippen LogP contribution in [0, 0.1) is 11.3 Å². The minimum absolute atomic E-state index is 0.0241. The quantitative estimate of drug-likeness (QED) is 0.855. The minimum atomic E-state index is -0.845. The predicted octanol–water partition coefficient (Wildman–Crippen LogP) is 0.629. The number of hydrogen-bond donors (Lipinski definition) is 1. The number of morpholine rings is 1. The van der Waals surface area contributed by atoms with E-state index in [9.17, 15) is 4.79 Å². The molecular formula is C13H15N3O3. The smallest absolute Gasteiger partial charge is 0.306 e. The van der Waals surface area contributed by atoms with E-state index in [1.165, 1.54) is 0 Å². The lowest BCUT2D eigenvalue weighted by Crippen LogP contribution is -2.42. The van der Waals surface area contributed by atoms with E-state index in [4.69, 9.17) is 15.1 Å². The Morgan fingerprint density at radius 1 is 1.68 bits per heavy atom. The van der Waals surface area contributed by atoms with Gasteiger partial charge in [-0.15, -0.1) is 0 Å². The number of hydrogen-bond acceptors (Lipinski definition) is 5. The molecule has 0 radical (unpaired) electrons. The average molecular weight is 261 g/mol. The molecule has 0 aromatic carbocycles. The van der Waals surface area contributed by atoms with Crippen molar-refractivity contribution in [2.45, 2.75) is 19.1 Å². The molecule has 6 nitrogen and oxygen atoms in total. The van der Waals surface area contributed by atoms with Crippen molar-refractivity contribution in [2.75, 3.05) is 19.7 Å². The van der Waals surface area contributed by atoms with E-state index in [1.807, 2.05) is 12.1 Å². The molecule has 1 atom stereocenters. The topological polar surface area (TPSA) is 86.5 Å². The van der Waals surface area contributed by atoms with Gasteiger partial charge in [0.1, 0.15) is 11.8 Å². The monoisotopic (exact) mass is 261 g/mol. The molecule has 0 spiro atoms. The lowest BCUT2D eigenvalue weighted by molar-refractivity contribution is -0.142. The number of aromatic nitrogens is 1. The largest absolute Gasteiger partial charge is 0.481 e. The first-order chi connectivity index (χ1) is 9.17. The molecule has 6 heteroatoms. The molecule has 1 fully saturated rings. The first-order valence-corrected chi connectivity index (χ1v) is 6.08. The highest BCUT2D eigenvalue weighted by molar-refractivity contribution is 5.67. The van der Waals surface area contributed by atoms with Crippen LogP contribution in [0.4, 0.5) is 0 Å². The maximum absolute atomic E-state index is 10.7. The molecule has 1 saturated heterocycles. The van der Waals surface area contributed by atoms with E-state index in [1.54, 1.807) is 12.3 Å². The molecule has 0 bridgehead atoms. The van der Waals surface area contributed by atoms with Crippen LogP contribution in [0.15, 0.2) is 18.3 Å². The van der Waals surface area contributed by atoms with Crippen LogP contribution in [0.25, 0.3) is 0 Å². The molecule has 19 heavy (non-hydrogen) atoms. The third kappa shape index (κ3) is 4.02. The van der Waals surface area contributed by atoms with Crippen molar-refractivity contribution in [3.8, 4) is 6.07 Å². The Kier molecular flexibility index (Phi) is 4.44. The molecule has 1 aromatic rings. The predicted molar refractivity (Wildman–Crippen MR) is 66.2 cm³/mol. The van der Waals surface area contributed by atoms with Crippen molar-refractivity contribution in [2.24, 2.45) is 0 Å². The number of aliphatic carboxylic acids is 1. The first-order valence-electron chi connectivity index (χ1n) is 6.08. The zero-order chi connectivity index (χ0) is 13.7. The Morgan fingerprint density at radius 3 is 3.26 bits per heavy atom. The molecule has 1 aliphatic rings. The lowest BCUT2D eigenvalue weighted by atomic mass is 10.1. The fourth-order valence-electron chi connectivity index (χ4n) is 2.13. The van der Waals surface area contributed by atoms with Crippen molar-refractivity contribution in [3.05, 3.63) is 29.6 Å². The summed E-state index contributed by atoms with van der Waals surface area (Å²) in [6.07, 6.45) is 1.38. The summed E-state index contributed by atoms with van der Waals surface area (Å²) in [5, 5.41) is 17.6. The lowest BCUT2D eigenvalue weighted by Gasteiger charge is -2.32. The van der Waals surface area contributed by atoms with Gasteiger partial charge < -0.3 is 9.84 Å². The fraction of sp³-hybridized carbons (Fsp3) is 0.462. The summed E-state index contributed by atoms with van der Waals surface area (Å²) in [4.78, 5) is 16.7. The Bertz CT molecular complexity index is 498. The van der Waals surface area contributed by atoms with Crippen LogP contribution in [0.3, 0.4) is 0 Å². The van der Waals surface area contributed by atoms with Gasteiger partial charge in [-0.2, -0.15) is 5.26 Å². The Morgan fingerprint density at radius 2 is 2.53 bits per heavy atom. The van der Waals surface area contributed by atoms with Crippen LogP contribution in [-0.2, 0) is 16.1 Å². The van der Waals surface area contributed by atoms with Gasteiger partial charge in [-0.1, -0.05) is 0 Å². The number of carbonyl (C=O) groups is 1. The van der Waals surface area contributed by atoms with E-state index in [0.29, 0.717) is 25.4 Å². The van der Waals surface area contributed by atoms with Crippen LogP contribution in [0.1, 0.15) is 17.7 Å². The second-order valence-corrected chi connectivity index (χ2v) is 4.49. The molecule has 1 unspecified atom stereocenters. The normalized spacial score (nSPS) is 19.8. The zero-order valence-electron chi connectivity index (χ0n) is 10.5. The zero-order valence-corrected chi connectivity index (χ0v) is 10.5. The number of carboxylic acid groups (broad SMARTS) is 1. The van der Waals surface area contributed by atoms with E-state index < -0.39 is 5.97 Å². The van der Waals surface area contributed by atoms with Gasteiger partial charge in [0.2, 0.25) is 0 Å². The summed E-state index contributed by atoms with van der Waals surface area (Å²) in [7, 11) is 0. The first kappa shape index (κ1) is 13.5. The Labute approximate surface area is 111 Å². The summed E-state index contributed by atoms with van der Waals surface area (Å²) in [6, 6.07) is 5.62. The highest BCUT2D eigenvalue weighted by Crippen LogP contribution is 2.12. The molecule has 1 N–H and O–H groups in total. The molecule has 100 valence electrons. The van der Waals surface area contributed by atoms with Crippen molar-refractivity contribution in [3.63, 3.8) is 0 Å². The number of rotatable bonds is 4. The fourth-order valence-corrected chi connectivity index (χ4v) is 2.13. The van der Waals surface area contributed by atoms with Crippen molar-refractivity contribution < 1.29 is 14.6 Å². The molecule has 2 rings (SSSR count). The van der Waals surface area contributed by atoms with Crippen molar-refractivity contribution in [1.82, 2.24) is 9.88 Å².